The lowest BCUT2D eigenvalue weighted by molar-refractivity contribution is -0.119. The van der Waals surface area contributed by atoms with E-state index in [2.05, 4.69) is 31.2 Å². The van der Waals surface area contributed by atoms with Crippen LogP contribution in [0.2, 0.25) is 0 Å². The van der Waals surface area contributed by atoms with Crippen LogP contribution in [0.25, 0.3) is 22.3 Å². The number of aromatic nitrogens is 2. The number of thioether (sulfide) groups is 1. The lowest BCUT2D eigenvalue weighted by atomic mass is 10.2. The lowest BCUT2D eigenvalue weighted by Crippen LogP contribution is -2.39. The first-order valence-electron chi connectivity index (χ1n) is 7.73. The molecular formula is C18H15BrN4O2S. The fourth-order valence-corrected chi connectivity index (χ4v) is 3.51. The minimum Gasteiger partial charge on any atom is -0.351 e. The number of urea groups is 1. The molecule has 0 fully saturated rings. The van der Waals surface area contributed by atoms with Crippen molar-refractivity contribution in [1.82, 2.24) is 15.3 Å². The number of rotatable bonds is 4. The molecule has 0 aliphatic heterocycles. The molecule has 8 heteroatoms. The smallest absolute Gasteiger partial charge is 0.318 e. The first kappa shape index (κ1) is 18.3. The van der Waals surface area contributed by atoms with Crippen molar-refractivity contribution in [2.75, 3.05) is 0 Å². The van der Waals surface area contributed by atoms with Crippen LogP contribution in [0.3, 0.4) is 0 Å². The Kier molecular flexibility index (Phi) is 5.53. The Morgan fingerprint density at radius 1 is 1.12 bits per heavy atom. The van der Waals surface area contributed by atoms with E-state index in [0.717, 1.165) is 20.9 Å². The summed E-state index contributed by atoms with van der Waals surface area (Å²) < 4.78 is 0.966. The van der Waals surface area contributed by atoms with E-state index in [9.17, 15) is 9.59 Å². The van der Waals surface area contributed by atoms with Crippen LogP contribution in [0.4, 0.5) is 4.79 Å². The van der Waals surface area contributed by atoms with E-state index >= 15 is 0 Å². The van der Waals surface area contributed by atoms with E-state index in [4.69, 9.17) is 5.73 Å². The maximum Gasteiger partial charge on any atom is 0.318 e. The SMILES string of the molecule is C[C@H](Sc1nc(-c2ccc(Br)cc2)nc2ccccc12)C(=O)NC(N)=O. The molecule has 0 saturated heterocycles. The number of primary amides is 1. The van der Waals surface area contributed by atoms with Gasteiger partial charge in [-0.15, -0.1) is 0 Å². The first-order valence-corrected chi connectivity index (χ1v) is 9.41. The van der Waals surface area contributed by atoms with Gasteiger partial charge in [0.2, 0.25) is 5.91 Å². The van der Waals surface area contributed by atoms with Crippen LogP contribution in [0.5, 0.6) is 0 Å². The van der Waals surface area contributed by atoms with Crippen LogP contribution in [0, 0.1) is 0 Å². The molecule has 0 bridgehead atoms. The number of nitrogens with one attached hydrogen (secondary N) is 1. The maximum absolute atomic E-state index is 12.0. The van der Waals surface area contributed by atoms with Gasteiger partial charge in [-0.05, 0) is 25.1 Å². The summed E-state index contributed by atoms with van der Waals surface area (Å²) in [5.41, 5.74) is 6.67. The highest BCUT2D eigenvalue weighted by molar-refractivity contribution is 9.10. The third-order valence-electron chi connectivity index (χ3n) is 3.57. The van der Waals surface area contributed by atoms with Crippen molar-refractivity contribution in [2.24, 2.45) is 5.73 Å². The normalized spacial score (nSPS) is 11.9. The summed E-state index contributed by atoms with van der Waals surface area (Å²) >= 11 is 4.67. The van der Waals surface area contributed by atoms with Crippen LogP contribution in [0.1, 0.15) is 6.92 Å². The Morgan fingerprint density at radius 2 is 1.81 bits per heavy atom. The van der Waals surface area contributed by atoms with Gasteiger partial charge in [-0.2, -0.15) is 0 Å². The molecule has 26 heavy (non-hydrogen) atoms. The highest BCUT2D eigenvalue weighted by Gasteiger charge is 2.19. The van der Waals surface area contributed by atoms with Crippen LogP contribution < -0.4 is 11.1 Å². The third-order valence-corrected chi connectivity index (χ3v) is 5.21. The van der Waals surface area contributed by atoms with Crippen molar-refractivity contribution < 1.29 is 9.59 Å². The predicted molar refractivity (Wildman–Crippen MR) is 106 cm³/mol. The number of fused-ring (bicyclic) bond motifs is 1. The number of imide groups is 1. The van der Waals surface area contributed by atoms with Gasteiger partial charge < -0.3 is 5.73 Å². The molecule has 0 radical (unpaired) electrons. The van der Waals surface area contributed by atoms with Crippen LogP contribution in [0.15, 0.2) is 58.0 Å². The number of carbonyl (C=O) groups excluding carboxylic acids is 2. The van der Waals surface area contributed by atoms with Gasteiger partial charge in [0.25, 0.3) is 0 Å². The summed E-state index contributed by atoms with van der Waals surface area (Å²) in [4.78, 5) is 32.2. The van der Waals surface area contributed by atoms with E-state index in [1.165, 1.54) is 11.8 Å². The largest absolute Gasteiger partial charge is 0.351 e. The Bertz CT molecular complexity index is 979. The molecule has 0 spiro atoms. The molecule has 0 aliphatic carbocycles. The zero-order chi connectivity index (χ0) is 18.7. The number of para-hydroxylation sites is 1. The summed E-state index contributed by atoms with van der Waals surface area (Å²) in [5, 5.41) is 3.06. The number of hydrogen-bond acceptors (Lipinski definition) is 5. The fraction of sp³-hybridized carbons (Fsp3) is 0.111. The fourth-order valence-electron chi connectivity index (χ4n) is 2.31. The number of halogens is 1. The van der Waals surface area contributed by atoms with Gasteiger partial charge in [0.05, 0.1) is 10.8 Å². The van der Waals surface area contributed by atoms with Crippen LogP contribution >= 0.6 is 27.7 Å². The first-order chi connectivity index (χ1) is 12.4. The van der Waals surface area contributed by atoms with Crippen molar-refractivity contribution in [2.45, 2.75) is 17.2 Å². The molecule has 0 saturated carbocycles. The number of nitrogens with two attached hydrogens (primary N) is 1. The molecule has 3 amide bonds. The molecule has 3 aromatic rings. The Labute approximate surface area is 162 Å². The standard InChI is InChI=1S/C18H15BrN4O2S/c1-10(16(24)23-18(20)25)26-17-13-4-2-3-5-14(13)21-15(22-17)11-6-8-12(19)9-7-11/h2-10H,1H3,(H3,20,23,24,25)/t10-/m0/s1. The number of carbonyl (C=O) groups is 2. The average molecular weight is 431 g/mol. The molecule has 3 N–H and O–H groups in total. The summed E-state index contributed by atoms with van der Waals surface area (Å²) in [6.45, 7) is 1.69. The second-order valence-electron chi connectivity index (χ2n) is 5.49. The molecule has 0 aliphatic rings. The Balaban J connectivity index is 2.01. The minimum atomic E-state index is -0.870. The summed E-state index contributed by atoms with van der Waals surface area (Å²) in [6, 6.07) is 14.4. The van der Waals surface area contributed by atoms with Crippen molar-refractivity contribution >= 4 is 50.5 Å². The van der Waals surface area contributed by atoms with Gasteiger partial charge >= 0.3 is 6.03 Å². The summed E-state index contributed by atoms with van der Waals surface area (Å²) in [5.74, 6) is 0.108. The van der Waals surface area contributed by atoms with E-state index in [0.29, 0.717) is 10.9 Å². The van der Waals surface area contributed by atoms with Crippen molar-refractivity contribution in [3.8, 4) is 11.4 Å². The molecule has 1 aromatic heterocycles. The number of hydrogen-bond donors (Lipinski definition) is 2. The van der Waals surface area contributed by atoms with Crippen LogP contribution in [-0.4, -0.2) is 27.2 Å². The molecule has 6 nitrogen and oxygen atoms in total. The Morgan fingerprint density at radius 3 is 2.50 bits per heavy atom. The highest BCUT2D eigenvalue weighted by Crippen LogP contribution is 2.31. The summed E-state index contributed by atoms with van der Waals surface area (Å²) in [6.07, 6.45) is 0. The maximum atomic E-state index is 12.0. The van der Waals surface area contributed by atoms with Crippen LogP contribution in [-0.2, 0) is 4.79 Å². The van der Waals surface area contributed by atoms with Gasteiger partial charge in [-0.1, -0.05) is 58.0 Å². The monoisotopic (exact) mass is 430 g/mol. The van der Waals surface area contributed by atoms with Gasteiger partial charge in [-0.25, -0.2) is 14.8 Å². The van der Waals surface area contributed by atoms with Gasteiger partial charge in [0, 0.05) is 15.4 Å². The lowest BCUT2D eigenvalue weighted by Gasteiger charge is -2.12. The third kappa shape index (κ3) is 4.20. The second-order valence-corrected chi connectivity index (χ2v) is 7.74. The van der Waals surface area contributed by atoms with E-state index < -0.39 is 17.2 Å². The topological polar surface area (TPSA) is 98.0 Å². The van der Waals surface area contributed by atoms with E-state index in [1.807, 2.05) is 48.5 Å². The number of benzene rings is 2. The highest BCUT2D eigenvalue weighted by atomic mass is 79.9. The Hall–Kier alpha value is -2.45. The van der Waals surface area contributed by atoms with Gasteiger partial charge in [-0.3, -0.25) is 10.1 Å². The molecular weight excluding hydrogens is 416 g/mol. The quantitative estimate of drug-likeness (QED) is 0.485. The van der Waals surface area contributed by atoms with Crippen molar-refractivity contribution in [3.63, 3.8) is 0 Å². The molecule has 132 valence electrons. The molecule has 3 rings (SSSR count). The zero-order valence-electron chi connectivity index (χ0n) is 13.8. The molecule has 0 unspecified atom stereocenters. The van der Waals surface area contributed by atoms with Gasteiger partial charge in [0.15, 0.2) is 5.82 Å². The zero-order valence-corrected chi connectivity index (χ0v) is 16.2. The van der Waals surface area contributed by atoms with E-state index in [1.54, 1.807) is 6.92 Å². The second kappa shape index (κ2) is 7.84. The molecule has 1 atom stereocenters. The molecule has 1 heterocycles. The summed E-state index contributed by atoms with van der Waals surface area (Å²) in [7, 11) is 0. The van der Waals surface area contributed by atoms with Crippen molar-refractivity contribution in [1.29, 1.82) is 0 Å². The number of nitrogens with zero attached hydrogens (tertiary/aromatic N) is 2. The average Bonchev–Trinajstić information content (AvgIpc) is 2.61. The minimum absolute atomic E-state index is 0.463. The molecule has 2 aromatic carbocycles. The van der Waals surface area contributed by atoms with E-state index in [-0.39, 0.29) is 0 Å². The van der Waals surface area contributed by atoms with Gasteiger partial charge in [0.1, 0.15) is 5.03 Å². The van der Waals surface area contributed by atoms with Crippen molar-refractivity contribution in [3.05, 3.63) is 53.0 Å². The number of amides is 3. The predicted octanol–water partition coefficient (Wildman–Crippen LogP) is 3.73.